The minimum atomic E-state index is 0.184. The summed E-state index contributed by atoms with van der Waals surface area (Å²) >= 11 is 0. The highest BCUT2D eigenvalue weighted by atomic mass is 16.1. The quantitative estimate of drug-likeness (QED) is 0.599. The lowest BCUT2D eigenvalue weighted by atomic mass is 9.92. The highest BCUT2D eigenvalue weighted by Crippen LogP contribution is 2.19. The predicted molar refractivity (Wildman–Crippen MR) is 61.0 cm³/mol. The van der Waals surface area contributed by atoms with E-state index in [1.54, 1.807) is 6.08 Å². The molecule has 2 rings (SSSR count). The van der Waals surface area contributed by atoms with Crippen molar-refractivity contribution in [1.29, 1.82) is 0 Å². The van der Waals surface area contributed by atoms with Crippen molar-refractivity contribution < 1.29 is 4.79 Å². The number of fused-ring (bicyclic) bond motifs is 1. The van der Waals surface area contributed by atoms with Gasteiger partial charge in [0.1, 0.15) is 0 Å². The van der Waals surface area contributed by atoms with Crippen LogP contribution in [-0.4, -0.2) is 12.3 Å². The Morgan fingerprint density at radius 2 is 2.40 bits per heavy atom. The standard InChI is InChI=1S/C13H15NO/c1-2-4-13(15)12-6-3-5-10-9-14-8-7-11(10)12/h2-3,5-6,14H,1,4,7-9H2. The molecule has 1 heterocycles. The van der Waals surface area contributed by atoms with Crippen molar-refractivity contribution in [3.05, 3.63) is 47.5 Å². The Hall–Kier alpha value is -1.41. The molecule has 78 valence electrons. The highest BCUT2D eigenvalue weighted by Gasteiger charge is 2.15. The van der Waals surface area contributed by atoms with Crippen molar-refractivity contribution in [3.63, 3.8) is 0 Å². The second kappa shape index (κ2) is 4.41. The summed E-state index contributed by atoms with van der Waals surface area (Å²) < 4.78 is 0. The van der Waals surface area contributed by atoms with Crippen LogP contribution in [0.1, 0.15) is 27.9 Å². The first-order chi connectivity index (χ1) is 7.33. The minimum absolute atomic E-state index is 0.184. The van der Waals surface area contributed by atoms with Gasteiger partial charge in [0.2, 0.25) is 0 Å². The number of Topliss-reactive ketones (excluding diaryl/α,β-unsaturated/α-hetero) is 1. The zero-order valence-corrected chi connectivity index (χ0v) is 8.75. The maximum absolute atomic E-state index is 11.8. The smallest absolute Gasteiger partial charge is 0.166 e. The molecule has 0 atom stereocenters. The molecule has 0 saturated carbocycles. The minimum Gasteiger partial charge on any atom is -0.312 e. The Labute approximate surface area is 90.0 Å². The molecule has 2 heteroatoms. The maximum atomic E-state index is 11.8. The average molecular weight is 201 g/mol. The molecule has 0 aromatic heterocycles. The Kier molecular flexibility index (Phi) is 2.97. The molecule has 0 bridgehead atoms. The topological polar surface area (TPSA) is 29.1 Å². The van der Waals surface area contributed by atoms with Crippen LogP contribution >= 0.6 is 0 Å². The molecule has 2 nitrogen and oxygen atoms in total. The van der Waals surface area contributed by atoms with Crippen LogP contribution in [0.4, 0.5) is 0 Å². The van der Waals surface area contributed by atoms with Gasteiger partial charge in [-0.15, -0.1) is 6.58 Å². The number of allylic oxidation sites excluding steroid dienone is 1. The highest BCUT2D eigenvalue weighted by molar-refractivity contribution is 5.98. The molecule has 1 aromatic rings. The number of benzene rings is 1. The first kappa shape index (κ1) is 10.1. The molecule has 1 aromatic carbocycles. The van der Waals surface area contributed by atoms with Gasteiger partial charge in [-0.3, -0.25) is 4.79 Å². The molecule has 1 aliphatic heterocycles. The van der Waals surface area contributed by atoms with Crippen molar-refractivity contribution in [2.24, 2.45) is 0 Å². The Morgan fingerprint density at radius 3 is 3.20 bits per heavy atom. The second-order valence-corrected chi connectivity index (χ2v) is 3.79. The first-order valence-electron chi connectivity index (χ1n) is 5.28. The van der Waals surface area contributed by atoms with Gasteiger partial charge in [-0.25, -0.2) is 0 Å². The van der Waals surface area contributed by atoms with Gasteiger partial charge in [-0.2, -0.15) is 0 Å². The van der Waals surface area contributed by atoms with Crippen LogP contribution in [0.25, 0.3) is 0 Å². The monoisotopic (exact) mass is 201 g/mol. The summed E-state index contributed by atoms with van der Waals surface area (Å²) in [5, 5.41) is 3.31. The molecule has 1 aliphatic rings. The molecule has 0 radical (unpaired) electrons. The van der Waals surface area contributed by atoms with Crippen LogP contribution in [0.3, 0.4) is 0 Å². The SMILES string of the molecule is C=CCC(=O)c1cccc2c1CCNC2. The third kappa shape index (κ3) is 2.00. The number of rotatable bonds is 3. The van der Waals surface area contributed by atoms with Crippen LogP contribution in [-0.2, 0) is 13.0 Å². The summed E-state index contributed by atoms with van der Waals surface area (Å²) in [6, 6.07) is 5.98. The van der Waals surface area contributed by atoms with E-state index in [1.807, 2.05) is 12.1 Å². The number of hydrogen-bond acceptors (Lipinski definition) is 2. The summed E-state index contributed by atoms with van der Waals surface area (Å²) in [5.41, 5.74) is 3.37. The van der Waals surface area contributed by atoms with E-state index in [9.17, 15) is 4.79 Å². The van der Waals surface area contributed by atoms with Crippen LogP contribution in [0.5, 0.6) is 0 Å². The normalized spacial score (nSPS) is 14.4. The number of carbonyl (C=O) groups is 1. The van der Waals surface area contributed by atoms with Gasteiger partial charge in [0.05, 0.1) is 0 Å². The number of ketones is 1. The molecule has 1 N–H and O–H groups in total. The lowest BCUT2D eigenvalue weighted by Crippen LogP contribution is -2.25. The van der Waals surface area contributed by atoms with Gasteiger partial charge < -0.3 is 5.32 Å². The van der Waals surface area contributed by atoms with Crippen molar-refractivity contribution in [1.82, 2.24) is 5.32 Å². The zero-order valence-electron chi connectivity index (χ0n) is 8.75. The number of carbonyl (C=O) groups excluding carboxylic acids is 1. The van der Waals surface area contributed by atoms with E-state index in [4.69, 9.17) is 0 Å². The molecule has 0 amide bonds. The average Bonchev–Trinajstić information content (AvgIpc) is 2.28. The molecular weight excluding hydrogens is 186 g/mol. The molecular formula is C13H15NO. The molecule has 0 unspecified atom stereocenters. The molecule has 0 fully saturated rings. The number of hydrogen-bond donors (Lipinski definition) is 1. The van der Waals surface area contributed by atoms with Gasteiger partial charge in [0.15, 0.2) is 5.78 Å². The summed E-state index contributed by atoms with van der Waals surface area (Å²) in [6.45, 7) is 5.45. The predicted octanol–water partition coefficient (Wildman–Crippen LogP) is 2.09. The van der Waals surface area contributed by atoms with Crippen molar-refractivity contribution >= 4 is 5.78 Å². The third-order valence-corrected chi connectivity index (χ3v) is 2.77. The van der Waals surface area contributed by atoms with Gasteiger partial charge in [-0.1, -0.05) is 24.3 Å². The first-order valence-corrected chi connectivity index (χ1v) is 5.28. The van der Waals surface area contributed by atoms with Crippen LogP contribution in [0, 0.1) is 0 Å². The Balaban J connectivity index is 2.38. The van der Waals surface area contributed by atoms with E-state index in [2.05, 4.69) is 18.0 Å². The Bertz CT molecular complexity index is 396. The van der Waals surface area contributed by atoms with E-state index in [0.29, 0.717) is 6.42 Å². The van der Waals surface area contributed by atoms with Crippen molar-refractivity contribution in [2.75, 3.05) is 6.54 Å². The molecule has 0 aliphatic carbocycles. The Morgan fingerprint density at radius 1 is 1.53 bits per heavy atom. The fourth-order valence-corrected chi connectivity index (χ4v) is 2.03. The van der Waals surface area contributed by atoms with E-state index in [0.717, 1.165) is 25.1 Å². The van der Waals surface area contributed by atoms with Gasteiger partial charge >= 0.3 is 0 Å². The third-order valence-electron chi connectivity index (χ3n) is 2.77. The lowest BCUT2D eigenvalue weighted by molar-refractivity contribution is 0.0995. The molecule has 0 spiro atoms. The summed E-state index contributed by atoms with van der Waals surface area (Å²) in [7, 11) is 0. The fourth-order valence-electron chi connectivity index (χ4n) is 2.03. The van der Waals surface area contributed by atoms with Gasteiger partial charge in [0, 0.05) is 18.5 Å². The molecule has 15 heavy (non-hydrogen) atoms. The second-order valence-electron chi connectivity index (χ2n) is 3.79. The lowest BCUT2D eigenvalue weighted by Gasteiger charge is -2.19. The van der Waals surface area contributed by atoms with Crippen molar-refractivity contribution in [3.8, 4) is 0 Å². The summed E-state index contributed by atoms with van der Waals surface area (Å²) in [5.74, 6) is 0.184. The van der Waals surface area contributed by atoms with Gasteiger partial charge in [0.25, 0.3) is 0 Å². The van der Waals surface area contributed by atoms with E-state index >= 15 is 0 Å². The summed E-state index contributed by atoms with van der Waals surface area (Å²) in [6.07, 6.45) is 3.06. The van der Waals surface area contributed by atoms with E-state index < -0.39 is 0 Å². The van der Waals surface area contributed by atoms with Gasteiger partial charge in [-0.05, 0) is 24.1 Å². The van der Waals surface area contributed by atoms with Crippen LogP contribution < -0.4 is 5.32 Å². The van der Waals surface area contributed by atoms with Crippen LogP contribution in [0.15, 0.2) is 30.9 Å². The van der Waals surface area contributed by atoms with Crippen molar-refractivity contribution in [2.45, 2.75) is 19.4 Å². The van der Waals surface area contributed by atoms with E-state index in [1.165, 1.54) is 11.1 Å². The maximum Gasteiger partial charge on any atom is 0.166 e. The van der Waals surface area contributed by atoms with E-state index in [-0.39, 0.29) is 5.78 Å². The summed E-state index contributed by atoms with van der Waals surface area (Å²) in [4.78, 5) is 11.8. The largest absolute Gasteiger partial charge is 0.312 e. The fraction of sp³-hybridized carbons (Fsp3) is 0.308. The zero-order chi connectivity index (χ0) is 10.7. The molecule has 0 saturated heterocycles. The number of nitrogens with one attached hydrogen (secondary N) is 1. The van der Waals surface area contributed by atoms with Crippen LogP contribution in [0.2, 0.25) is 0 Å².